The molecule has 0 radical (unpaired) electrons. The van der Waals surface area contributed by atoms with Crippen molar-refractivity contribution in [1.82, 2.24) is 19.9 Å². The van der Waals surface area contributed by atoms with Gasteiger partial charge >= 0.3 is 0 Å². The van der Waals surface area contributed by atoms with Crippen LogP contribution in [0.5, 0.6) is 0 Å². The minimum atomic E-state index is -0.108. The van der Waals surface area contributed by atoms with Crippen molar-refractivity contribution >= 4 is 17.6 Å². The Balaban J connectivity index is 1.46. The van der Waals surface area contributed by atoms with Crippen molar-refractivity contribution in [2.75, 3.05) is 0 Å². The first-order valence-corrected chi connectivity index (χ1v) is 8.04. The quantitative estimate of drug-likeness (QED) is 0.751. The van der Waals surface area contributed by atoms with Crippen LogP contribution < -0.4 is 5.32 Å². The second-order valence-electron chi connectivity index (χ2n) is 6.08. The van der Waals surface area contributed by atoms with Crippen molar-refractivity contribution in [3.8, 4) is 0 Å². The van der Waals surface area contributed by atoms with E-state index in [4.69, 9.17) is 4.42 Å². The molecule has 0 saturated heterocycles. The van der Waals surface area contributed by atoms with E-state index in [1.807, 2.05) is 29.8 Å². The number of hydrogen-bond acceptors (Lipinski definition) is 4. The Hall–Kier alpha value is -2.89. The predicted molar refractivity (Wildman–Crippen MR) is 89.4 cm³/mol. The maximum absolute atomic E-state index is 12.1. The van der Waals surface area contributed by atoms with Crippen LogP contribution in [0.4, 0.5) is 0 Å². The molecule has 1 unspecified atom stereocenters. The first-order chi connectivity index (χ1) is 11.7. The highest BCUT2D eigenvalue weighted by atomic mass is 16.3. The highest BCUT2D eigenvalue weighted by Gasteiger charge is 2.22. The van der Waals surface area contributed by atoms with Crippen LogP contribution in [0.15, 0.2) is 41.2 Å². The van der Waals surface area contributed by atoms with Crippen LogP contribution in [0.3, 0.4) is 0 Å². The second kappa shape index (κ2) is 5.96. The van der Waals surface area contributed by atoms with E-state index in [9.17, 15) is 4.79 Å². The molecule has 0 bridgehead atoms. The number of aromatic nitrogens is 3. The van der Waals surface area contributed by atoms with E-state index >= 15 is 0 Å². The van der Waals surface area contributed by atoms with Crippen molar-refractivity contribution in [3.63, 3.8) is 0 Å². The molecule has 3 aromatic heterocycles. The monoisotopic (exact) mass is 322 g/mol. The summed E-state index contributed by atoms with van der Waals surface area (Å²) in [4.78, 5) is 16.5. The topological polar surface area (TPSA) is 72.4 Å². The summed E-state index contributed by atoms with van der Waals surface area (Å²) in [6, 6.07) is 5.69. The average molecular weight is 322 g/mol. The lowest BCUT2D eigenvalue weighted by molar-refractivity contribution is -0.117. The molecule has 0 aliphatic heterocycles. The van der Waals surface area contributed by atoms with E-state index in [-0.39, 0.29) is 11.9 Å². The molecule has 1 amide bonds. The second-order valence-corrected chi connectivity index (χ2v) is 6.08. The number of nitrogens with zero attached hydrogens (tertiary/aromatic N) is 3. The minimum Gasteiger partial charge on any atom is -0.465 e. The van der Waals surface area contributed by atoms with Gasteiger partial charge in [0.15, 0.2) is 5.65 Å². The fourth-order valence-corrected chi connectivity index (χ4v) is 3.16. The Kier molecular flexibility index (Phi) is 3.65. The third-order valence-electron chi connectivity index (χ3n) is 4.28. The van der Waals surface area contributed by atoms with Crippen molar-refractivity contribution in [2.45, 2.75) is 32.2 Å². The number of rotatable bonds is 3. The Morgan fingerprint density at radius 1 is 1.50 bits per heavy atom. The fraction of sp³-hybridized carbons (Fsp3) is 0.278. The highest BCUT2D eigenvalue weighted by Crippen LogP contribution is 2.22. The summed E-state index contributed by atoms with van der Waals surface area (Å²) in [5.74, 6) is 0.559. The summed E-state index contributed by atoms with van der Waals surface area (Å²) in [5.41, 5.74) is 4.20. The number of nitrogens with one attached hydrogen (secondary N) is 1. The van der Waals surface area contributed by atoms with Crippen molar-refractivity contribution < 1.29 is 9.21 Å². The van der Waals surface area contributed by atoms with Crippen LogP contribution >= 0.6 is 0 Å². The van der Waals surface area contributed by atoms with Crippen molar-refractivity contribution in [3.05, 3.63) is 59.4 Å². The Morgan fingerprint density at radius 3 is 3.25 bits per heavy atom. The molecule has 1 aliphatic rings. The summed E-state index contributed by atoms with van der Waals surface area (Å²) in [5, 5.41) is 7.57. The third-order valence-corrected chi connectivity index (χ3v) is 4.28. The maximum Gasteiger partial charge on any atom is 0.244 e. The molecule has 3 aromatic rings. The minimum absolute atomic E-state index is 0.108. The molecule has 1 N–H and O–H groups in total. The smallest absolute Gasteiger partial charge is 0.244 e. The standard InChI is InChI=1S/C18H18N4O2/c1-12-9-17-19-11-13-10-14(4-6-16(13)22(17)21-12)20-18(23)7-5-15-3-2-8-24-15/h2-3,5,7-9,11,14H,4,6,10H2,1H3,(H,20,23). The molecule has 1 aliphatic carbocycles. The molecule has 4 rings (SSSR count). The number of amides is 1. The van der Waals surface area contributed by atoms with Gasteiger partial charge in [-0.25, -0.2) is 9.50 Å². The summed E-state index contributed by atoms with van der Waals surface area (Å²) >= 11 is 0. The van der Waals surface area contributed by atoms with E-state index < -0.39 is 0 Å². The lowest BCUT2D eigenvalue weighted by Gasteiger charge is -2.25. The first kappa shape index (κ1) is 14.7. The van der Waals surface area contributed by atoms with Crippen LogP contribution in [0, 0.1) is 6.92 Å². The van der Waals surface area contributed by atoms with Crippen LogP contribution in [0.25, 0.3) is 11.7 Å². The van der Waals surface area contributed by atoms with Gasteiger partial charge in [0.05, 0.1) is 12.0 Å². The molecule has 6 heteroatoms. The van der Waals surface area contributed by atoms with Gasteiger partial charge in [-0.2, -0.15) is 5.10 Å². The third kappa shape index (κ3) is 2.82. The van der Waals surface area contributed by atoms with Crippen LogP contribution in [0.1, 0.15) is 29.1 Å². The zero-order valence-corrected chi connectivity index (χ0v) is 13.4. The van der Waals surface area contributed by atoms with E-state index in [2.05, 4.69) is 15.4 Å². The van der Waals surface area contributed by atoms with Gasteiger partial charge in [-0.15, -0.1) is 0 Å². The fourth-order valence-electron chi connectivity index (χ4n) is 3.16. The predicted octanol–water partition coefficient (Wildman–Crippen LogP) is 2.32. The van der Waals surface area contributed by atoms with Crippen LogP contribution in [0.2, 0.25) is 0 Å². The molecule has 122 valence electrons. The maximum atomic E-state index is 12.1. The summed E-state index contributed by atoms with van der Waals surface area (Å²) in [7, 11) is 0. The van der Waals surface area contributed by atoms with E-state index in [0.29, 0.717) is 5.76 Å². The molecular weight excluding hydrogens is 304 g/mol. The van der Waals surface area contributed by atoms with E-state index in [1.54, 1.807) is 18.4 Å². The van der Waals surface area contributed by atoms with E-state index in [0.717, 1.165) is 36.2 Å². The number of carbonyl (C=O) groups is 1. The molecule has 6 nitrogen and oxygen atoms in total. The van der Waals surface area contributed by atoms with Gasteiger partial charge in [0.25, 0.3) is 0 Å². The van der Waals surface area contributed by atoms with Gasteiger partial charge in [0.2, 0.25) is 5.91 Å². The lowest BCUT2D eigenvalue weighted by Crippen LogP contribution is -2.38. The van der Waals surface area contributed by atoms with Gasteiger partial charge < -0.3 is 9.73 Å². The van der Waals surface area contributed by atoms with Crippen LogP contribution in [-0.2, 0) is 17.6 Å². The molecule has 1 atom stereocenters. The molecule has 24 heavy (non-hydrogen) atoms. The first-order valence-electron chi connectivity index (χ1n) is 8.04. The molecule has 3 heterocycles. The van der Waals surface area contributed by atoms with Gasteiger partial charge in [-0.05, 0) is 50.0 Å². The Labute approximate surface area is 139 Å². The number of furan rings is 1. The normalized spacial score (nSPS) is 17.3. The number of aryl methyl sites for hydroxylation is 2. The lowest BCUT2D eigenvalue weighted by atomic mass is 9.92. The summed E-state index contributed by atoms with van der Waals surface area (Å²) in [6.45, 7) is 1.97. The number of fused-ring (bicyclic) bond motifs is 3. The Bertz CT molecular complexity index is 909. The number of carbonyl (C=O) groups excluding carboxylic acids is 1. The molecule has 0 aromatic carbocycles. The van der Waals surface area contributed by atoms with E-state index in [1.165, 1.54) is 11.8 Å². The largest absolute Gasteiger partial charge is 0.465 e. The molecular formula is C18H18N4O2. The van der Waals surface area contributed by atoms with Gasteiger partial charge in [-0.3, -0.25) is 4.79 Å². The van der Waals surface area contributed by atoms with Gasteiger partial charge in [0.1, 0.15) is 5.76 Å². The zero-order valence-electron chi connectivity index (χ0n) is 13.4. The molecule has 0 saturated carbocycles. The molecule has 0 spiro atoms. The zero-order chi connectivity index (χ0) is 16.5. The van der Waals surface area contributed by atoms with Crippen molar-refractivity contribution in [2.24, 2.45) is 0 Å². The number of hydrogen-bond donors (Lipinski definition) is 1. The van der Waals surface area contributed by atoms with Gasteiger partial charge in [0, 0.05) is 30.1 Å². The van der Waals surface area contributed by atoms with Gasteiger partial charge in [-0.1, -0.05) is 0 Å². The summed E-state index contributed by atoms with van der Waals surface area (Å²) in [6.07, 6.45) is 9.21. The van der Waals surface area contributed by atoms with Crippen molar-refractivity contribution in [1.29, 1.82) is 0 Å². The van der Waals surface area contributed by atoms with Crippen LogP contribution in [-0.4, -0.2) is 26.5 Å². The SMILES string of the molecule is Cc1cc2ncc3c(n2n1)CCC(NC(=O)C=Cc1ccco1)C3. The molecule has 0 fully saturated rings. The Morgan fingerprint density at radius 2 is 2.42 bits per heavy atom. The summed E-state index contributed by atoms with van der Waals surface area (Å²) < 4.78 is 7.11. The highest BCUT2D eigenvalue weighted by molar-refractivity contribution is 5.91. The average Bonchev–Trinajstić information content (AvgIpc) is 3.21.